The summed E-state index contributed by atoms with van der Waals surface area (Å²) in [6, 6.07) is 12.9. The quantitative estimate of drug-likeness (QED) is 0.624. The fourth-order valence-electron chi connectivity index (χ4n) is 4.49. The number of carbonyl (C=O) groups is 2. The second-order valence-corrected chi connectivity index (χ2v) is 10.4. The van der Waals surface area contributed by atoms with Gasteiger partial charge in [-0.1, -0.05) is 12.1 Å². The highest BCUT2D eigenvalue weighted by molar-refractivity contribution is 7.89. The Bertz CT molecular complexity index is 1120. The molecule has 0 atom stereocenters. The van der Waals surface area contributed by atoms with Crippen molar-refractivity contribution >= 4 is 27.4 Å². The van der Waals surface area contributed by atoms with Crippen LogP contribution >= 0.6 is 0 Å². The highest BCUT2D eigenvalue weighted by atomic mass is 32.2. The van der Waals surface area contributed by atoms with Crippen LogP contribution in [0, 0.1) is 11.7 Å². The van der Waals surface area contributed by atoms with Crippen LogP contribution < -0.4 is 4.90 Å². The van der Waals surface area contributed by atoms with E-state index in [1.165, 1.54) is 22.5 Å². The molecule has 2 fully saturated rings. The molecule has 2 saturated heterocycles. The first-order chi connectivity index (χ1) is 15.8. The lowest BCUT2D eigenvalue weighted by Crippen LogP contribution is -2.52. The van der Waals surface area contributed by atoms with Gasteiger partial charge in [0.25, 0.3) is 0 Å². The number of anilines is 1. The number of piperidine rings is 1. The third-order valence-electron chi connectivity index (χ3n) is 6.49. The summed E-state index contributed by atoms with van der Waals surface area (Å²) in [5, 5.41) is 0. The van der Waals surface area contributed by atoms with Crippen LogP contribution in [0.3, 0.4) is 0 Å². The summed E-state index contributed by atoms with van der Waals surface area (Å²) < 4.78 is 40.9. The summed E-state index contributed by atoms with van der Waals surface area (Å²) in [6.45, 7) is 4.55. The number of amides is 1. The van der Waals surface area contributed by atoms with Crippen LogP contribution in [0.25, 0.3) is 0 Å². The van der Waals surface area contributed by atoms with E-state index in [0.29, 0.717) is 44.6 Å². The molecule has 0 saturated carbocycles. The molecule has 0 N–H and O–H groups in total. The van der Waals surface area contributed by atoms with Crippen molar-refractivity contribution in [2.75, 3.05) is 44.2 Å². The number of Topliss-reactive ketones (excluding diaryl/α,β-unsaturated/α-hetero) is 1. The Hall–Kier alpha value is -2.78. The maximum Gasteiger partial charge on any atom is 0.245 e. The zero-order valence-electron chi connectivity index (χ0n) is 18.6. The number of nitrogens with zero attached hydrogens (tertiary/aromatic N) is 3. The highest BCUT2D eigenvalue weighted by Gasteiger charge is 2.35. The molecule has 2 aliphatic heterocycles. The van der Waals surface area contributed by atoms with Crippen LogP contribution in [-0.4, -0.2) is 68.6 Å². The largest absolute Gasteiger partial charge is 0.368 e. The molecule has 4 rings (SSSR count). The van der Waals surface area contributed by atoms with Crippen LogP contribution in [-0.2, 0) is 14.8 Å². The SMILES string of the molecule is CC(=O)c1ccc(N2CCN(C(=O)C3CCN(S(=O)(=O)c4ccccc4F)CC3)CC2)cc1. The van der Waals surface area contributed by atoms with E-state index in [1.54, 1.807) is 6.92 Å². The van der Waals surface area contributed by atoms with E-state index in [1.807, 2.05) is 29.2 Å². The van der Waals surface area contributed by atoms with Crippen molar-refractivity contribution in [3.63, 3.8) is 0 Å². The normalized spacial score (nSPS) is 18.4. The van der Waals surface area contributed by atoms with E-state index >= 15 is 0 Å². The summed E-state index contributed by atoms with van der Waals surface area (Å²) in [5.41, 5.74) is 1.70. The van der Waals surface area contributed by atoms with Gasteiger partial charge in [0, 0.05) is 56.4 Å². The van der Waals surface area contributed by atoms with Crippen molar-refractivity contribution in [2.24, 2.45) is 5.92 Å². The van der Waals surface area contributed by atoms with E-state index in [0.717, 1.165) is 11.8 Å². The van der Waals surface area contributed by atoms with Crippen molar-refractivity contribution in [3.8, 4) is 0 Å². The Labute approximate surface area is 193 Å². The third kappa shape index (κ3) is 4.94. The van der Waals surface area contributed by atoms with Gasteiger partial charge in [0.1, 0.15) is 10.7 Å². The van der Waals surface area contributed by atoms with Gasteiger partial charge < -0.3 is 9.80 Å². The van der Waals surface area contributed by atoms with Crippen LogP contribution in [0.15, 0.2) is 53.4 Å². The van der Waals surface area contributed by atoms with E-state index in [9.17, 15) is 22.4 Å². The molecule has 176 valence electrons. The van der Waals surface area contributed by atoms with Gasteiger partial charge in [-0.2, -0.15) is 4.31 Å². The Kier molecular flexibility index (Phi) is 6.81. The molecule has 0 unspecified atom stereocenters. The van der Waals surface area contributed by atoms with Crippen LogP contribution in [0.4, 0.5) is 10.1 Å². The lowest BCUT2D eigenvalue weighted by Gasteiger charge is -2.39. The topological polar surface area (TPSA) is 78.0 Å². The van der Waals surface area contributed by atoms with Gasteiger partial charge in [-0.05, 0) is 56.2 Å². The molecule has 0 bridgehead atoms. The Morgan fingerprint density at radius 3 is 2.06 bits per heavy atom. The first-order valence-electron chi connectivity index (χ1n) is 11.2. The number of hydrogen-bond acceptors (Lipinski definition) is 5. The predicted octanol–water partition coefficient (Wildman–Crippen LogP) is 2.78. The smallest absolute Gasteiger partial charge is 0.245 e. The maximum absolute atomic E-state index is 14.0. The molecule has 2 aromatic carbocycles. The van der Waals surface area contributed by atoms with E-state index in [4.69, 9.17) is 0 Å². The number of hydrogen-bond donors (Lipinski definition) is 0. The molecule has 33 heavy (non-hydrogen) atoms. The van der Waals surface area contributed by atoms with Gasteiger partial charge >= 0.3 is 0 Å². The minimum atomic E-state index is -3.91. The fraction of sp³-hybridized carbons (Fsp3) is 0.417. The Morgan fingerprint density at radius 1 is 0.879 bits per heavy atom. The average Bonchev–Trinajstić information content (AvgIpc) is 2.84. The number of halogens is 1. The van der Waals surface area contributed by atoms with Gasteiger partial charge in [-0.15, -0.1) is 0 Å². The van der Waals surface area contributed by atoms with Crippen molar-refractivity contribution in [2.45, 2.75) is 24.7 Å². The van der Waals surface area contributed by atoms with Crippen LogP contribution in [0.2, 0.25) is 0 Å². The van der Waals surface area contributed by atoms with Crippen LogP contribution in [0.1, 0.15) is 30.1 Å². The van der Waals surface area contributed by atoms with Gasteiger partial charge in [0.05, 0.1) is 0 Å². The van der Waals surface area contributed by atoms with Crippen molar-refractivity contribution in [1.29, 1.82) is 0 Å². The summed E-state index contributed by atoms with van der Waals surface area (Å²) in [7, 11) is -3.91. The molecule has 0 spiro atoms. The minimum Gasteiger partial charge on any atom is -0.368 e. The van der Waals surface area contributed by atoms with Crippen molar-refractivity contribution in [1.82, 2.24) is 9.21 Å². The molecule has 0 radical (unpaired) electrons. The maximum atomic E-state index is 14.0. The molecule has 2 heterocycles. The van der Waals surface area contributed by atoms with Crippen molar-refractivity contribution < 1.29 is 22.4 Å². The Morgan fingerprint density at radius 2 is 1.48 bits per heavy atom. The molecule has 0 aliphatic carbocycles. The summed E-state index contributed by atoms with van der Waals surface area (Å²) >= 11 is 0. The molecular weight excluding hydrogens is 445 g/mol. The predicted molar refractivity (Wildman–Crippen MR) is 123 cm³/mol. The van der Waals surface area contributed by atoms with E-state index < -0.39 is 15.8 Å². The second-order valence-electron chi connectivity index (χ2n) is 8.52. The number of rotatable bonds is 5. The zero-order valence-corrected chi connectivity index (χ0v) is 19.4. The standard InChI is InChI=1S/C24H28FN3O4S/c1-18(29)19-6-8-21(9-7-19)26-14-16-27(17-15-26)24(30)20-10-12-28(13-11-20)33(31,32)23-5-3-2-4-22(23)25/h2-9,20H,10-17H2,1H3. The zero-order chi connectivity index (χ0) is 23.6. The third-order valence-corrected chi connectivity index (χ3v) is 8.42. The summed E-state index contributed by atoms with van der Waals surface area (Å²) in [6.07, 6.45) is 0.860. The van der Waals surface area contributed by atoms with Crippen LogP contribution in [0.5, 0.6) is 0 Å². The molecule has 2 aromatic rings. The minimum absolute atomic E-state index is 0.0321. The molecule has 0 aromatic heterocycles. The molecular formula is C24H28FN3O4S. The molecule has 2 aliphatic rings. The number of piperazine rings is 1. The number of carbonyl (C=O) groups excluding carboxylic acids is 2. The molecule has 7 nitrogen and oxygen atoms in total. The van der Waals surface area contributed by atoms with E-state index in [-0.39, 0.29) is 35.6 Å². The van der Waals surface area contributed by atoms with Gasteiger partial charge in [-0.25, -0.2) is 12.8 Å². The summed E-state index contributed by atoms with van der Waals surface area (Å²) in [5.74, 6) is -0.891. The fourth-order valence-corrected chi connectivity index (χ4v) is 6.02. The lowest BCUT2D eigenvalue weighted by molar-refractivity contribution is -0.137. The number of benzene rings is 2. The first-order valence-corrected chi connectivity index (χ1v) is 12.6. The van der Waals surface area contributed by atoms with Crippen molar-refractivity contribution in [3.05, 3.63) is 59.9 Å². The molecule has 1 amide bonds. The number of sulfonamides is 1. The Balaban J connectivity index is 1.31. The van der Waals surface area contributed by atoms with E-state index in [2.05, 4.69) is 4.90 Å². The molecule has 9 heteroatoms. The van der Waals surface area contributed by atoms with Gasteiger partial charge in [0.15, 0.2) is 5.78 Å². The average molecular weight is 474 g/mol. The lowest BCUT2D eigenvalue weighted by atomic mass is 9.96. The monoisotopic (exact) mass is 473 g/mol. The van der Waals surface area contributed by atoms with Gasteiger partial charge in [0.2, 0.25) is 15.9 Å². The summed E-state index contributed by atoms with van der Waals surface area (Å²) in [4.78, 5) is 28.2. The number of ketones is 1. The highest BCUT2D eigenvalue weighted by Crippen LogP contribution is 2.27. The first kappa shape index (κ1) is 23.4. The van der Waals surface area contributed by atoms with Gasteiger partial charge in [-0.3, -0.25) is 9.59 Å². The second kappa shape index (κ2) is 9.61.